The summed E-state index contributed by atoms with van der Waals surface area (Å²) >= 11 is 3.26. The zero-order valence-electron chi connectivity index (χ0n) is 14.4. The first-order valence-electron chi connectivity index (χ1n) is 8.63. The summed E-state index contributed by atoms with van der Waals surface area (Å²) < 4.78 is 5.72. The molecular formula is C18H16BrN3O5. The van der Waals surface area contributed by atoms with Gasteiger partial charge in [-0.05, 0) is 47.2 Å². The highest BCUT2D eigenvalue weighted by Gasteiger charge is 2.59. The van der Waals surface area contributed by atoms with Crippen LogP contribution in [-0.4, -0.2) is 34.6 Å². The summed E-state index contributed by atoms with van der Waals surface area (Å²) in [5, 5.41) is 16.3. The fraction of sp³-hybridized carbons (Fsp3) is 0.389. The first-order chi connectivity index (χ1) is 12.9. The standard InChI is InChI=1S/C18H16BrN3O5/c1-2-27-16-12(19)5-9(6-13(16)22(25)26)8-20-21-17(23)14-10-3-4-11(7-10)15(14)18(21)24/h3-6,8,10-11,14-15H,2,7H2,1H3/t10-,11-,14-,15+/m0/s1. The number of imide groups is 1. The molecule has 0 radical (unpaired) electrons. The average molecular weight is 434 g/mol. The minimum absolute atomic E-state index is 0.109. The van der Waals surface area contributed by atoms with Gasteiger partial charge in [-0.3, -0.25) is 19.7 Å². The molecule has 1 heterocycles. The number of allylic oxidation sites excluding steroid dienone is 2. The minimum Gasteiger partial charge on any atom is -0.486 e. The van der Waals surface area contributed by atoms with Crippen molar-refractivity contribution in [1.29, 1.82) is 0 Å². The highest BCUT2D eigenvalue weighted by molar-refractivity contribution is 9.10. The van der Waals surface area contributed by atoms with E-state index in [9.17, 15) is 19.7 Å². The van der Waals surface area contributed by atoms with Crippen LogP contribution in [0.5, 0.6) is 5.75 Å². The van der Waals surface area contributed by atoms with E-state index in [4.69, 9.17) is 4.74 Å². The Labute approximate surface area is 163 Å². The predicted octanol–water partition coefficient (Wildman–Crippen LogP) is 2.90. The Morgan fingerprint density at radius 2 is 1.93 bits per heavy atom. The van der Waals surface area contributed by atoms with Crippen LogP contribution in [0, 0.1) is 33.8 Å². The summed E-state index contributed by atoms with van der Waals surface area (Å²) in [5.41, 5.74) is 0.168. The van der Waals surface area contributed by atoms with Crippen molar-refractivity contribution in [1.82, 2.24) is 5.01 Å². The van der Waals surface area contributed by atoms with Gasteiger partial charge in [0.1, 0.15) is 0 Å². The van der Waals surface area contributed by atoms with Crippen LogP contribution >= 0.6 is 15.9 Å². The van der Waals surface area contributed by atoms with E-state index in [0.717, 1.165) is 11.4 Å². The van der Waals surface area contributed by atoms with Gasteiger partial charge in [0, 0.05) is 11.6 Å². The molecule has 3 aliphatic rings. The van der Waals surface area contributed by atoms with Crippen molar-refractivity contribution in [2.24, 2.45) is 28.8 Å². The largest absolute Gasteiger partial charge is 0.486 e. The van der Waals surface area contributed by atoms with E-state index in [-0.39, 0.29) is 53.5 Å². The number of hydrogen-bond donors (Lipinski definition) is 0. The van der Waals surface area contributed by atoms with Gasteiger partial charge in [0.2, 0.25) is 5.75 Å². The Bertz CT molecular complexity index is 883. The van der Waals surface area contributed by atoms with Crippen LogP contribution in [0.4, 0.5) is 5.69 Å². The maximum absolute atomic E-state index is 12.6. The number of fused-ring (bicyclic) bond motifs is 5. The van der Waals surface area contributed by atoms with E-state index >= 15 is 0 Å². The first-order valence-corrected chi connectivity index (χ1v) is 9.42. The second-order valence-corrected chi connectivity index (χ2v) is 7.63. The number of carbonyl (C=O) groups excluding carboxylic acids is 2. The topological polar surface area (TPSA) is 102 Å². The Hall–Kier alpha value is -2.55. The normalized spacial score (nSPS) is 28.4. The minimum atomic E-state index is -0.549. The number of hydrazone groups is 1. The van der Waals surface area contributed by atoms with Crippen LogP contribution < -0.4 is 4.74 Å². The third kappa shape index (κ3) is 2.77. The van der Waals surface area contributed by atoms with E-state index in [1.807, 2.05) is 12.2 Å². The number of rotatable bonds is 5. The second-order valence-electron chi connectivity index (χ2n) is 6.77. The fourth-order valence-corrected chi connectivity index (χ4v) is 4.80. The van der Waals surface area contributed by atoms with Gasteiger partial charge in [0.15, 0.2) is 0 Å². The smallest absolute Gasteiger partial charge is 0.312 e. The quantitative estimate of drug-likeness (QED) is 0.233. The molecule has 27 heavy (non-hydrogen) atoms. The number of carbonyl (C=O) groups is 2. The van der Waals surface area contributed by atoms with E-state index in [1.54, 1.807) is 13.0 Å². The lowest BCUT2D eigenvalue weighted by atomic mass is 9.85. The number of amides is 2. The van der Waals surface area contributed by atoms with Crippen molar-refractivity contribution in [3.63, 3.8) is 0 Å². The van der Waals surface area contributed by atoms with Crippen molar-refractivity contribution < 1.29 is 19.2 Å². The molecule has 1 aromatic carbocycles. The van der Waals surface area contributed by atoms with Gasteiger partial charge in [-0.15, -0.1) is 0 Å². The lowest BCUT2D eigenvalue weighted by Crippen LogP contribution is -2.28. The molecule has 0 aromatic heterocycles. The van der Waals surface area contributed by atoms with Gasteiger partial charge in [-0.2, -0.15) is 10.1 Å². The monoisotopic (exact) mass is 433 g/mol. The molecule has 1 aromatic rings. The number of benzene rings is 1. The third-order valence-corrected chi connectivity index (χ3v) is 5.89. The first kappa shape index (κ1) is 17.8. The van der Waals surface area contributed by atoms with Crippen LogP contribution in [0.3, 0.4) is 0 Å². The van der Waals surface area contributed by atoms with Crippen molar-refractivity contribution >= 4 is 39.6 Å². The maximum atomic E-state index is 12.6. The zero-order chi connectivity index (χ0) is 19.3. The number of hydrogen-bond acceptors (Lipinski definition) is 6. The lowest BCUT2D eigenvalue weighted by Gasteiger charge is -2.13. The molecular weight excluding hydrogens is 418 g/mol. The third-order valence-electron chi connectivity index (χ3n) is 5.30. The molecule has 1 saturated carbocycles. The Morgan fingerprint density at radius 1 is 1.30 bits per heavy atom. The average Bonchev–Trinajstić information content (AvgIpc) is 3.30. The number of nitro groups is 1. The molecule has 140 valence electrons. The molecule has 0 unspecified atom stereocenters. The zero-order valence-corrected chi connectivity index (χ0v) is 16.0. The van der Waals surface area contributed by atoms with Crippen LogP contribution in [0.15, 0.2) is 33.9 Å². The van der Waals surface area contributed by atoms with E-state index in [0.29, 0.717) is 10.0 Å². The van der Waals surface area contributed by atoms with E-state index < -0.39 is 4.92 Å². The SMILES string of the molecule is CCOc1c(Br)cc(C=NN2C(=O)[C@@H]3[C@H](C2=O)[C@H]2C=C[C@H]3C2)cc1[N+](=O)[O-]. The van der Waals surface area contributed by atoms with Crippen LogP contribution in [-0.2, 0) is 9.59 Å². The van der Waals surface area contributed by atoms with Crippen LogP contribution in [0.25, 0.3) is 0 Å². The molecule has 2 amide bonds. The molecule has 4 rings (SSSR count). The van der Waals surface area contributed by atoms with Crippen molar-refractivity contribution in [2.45, 2.75) is 13.3 Å². The second kappa shape index (κ2) is 6.56. The molecule has 0 spiro atoms. The van der Waals surface area contributed by atoms with E-state index in [1.165, 1.54) is 12.3 Å². The molecule has 1 aliphatic heterocycles. The number of halogens is 1. The molecule has 0 N–H and O–H groups in total. The highest BCUT2D eigenvalue weighted by atomic mass is 79.9. The Morgan fingerprint density at radius 3 is 2.48 bits per heavy atom. The molecule has 2 bridgehead atoms. The predicted molar refractivity (Wildman–Crippen MR) is 99.1 cm³/mol. The molecule has 1 saturated heterocycles. The van der Waals surface area contributed by atoms with Gasteiger partial charge in [-0.25, -0.2) is 0 Å². The van der Waals surface area contributed by atoms with Crippen molar-refractivity contribution in [3.05, 3.63) is 44.4 Å². The summed E-state index contributed by atoms with van der Waals surface area (Å²) in [6.45, 7) is 2.01. The van der Waals surface area contributed by atoms with Gasteiger partial charge >= 0.3 is 5.69 Å². The van der Waals surface area contributed by atoms with E-state index in [2.05, 4.69) is 21.0 Å². The van der Waals surface area contributed by atoms with Gasteiger partial charge in [0.25, 0.3) is 11.8 Å². The molecule has 8 nitrogen and oxygen atoms in total. The molecule has 2 aliphatic carbocycles. The number of nitrogens with zero attached hydrogens (tertiary/aromatic N) is 3. The fourth-order valence-electron chi connectivity index (χ4n) is 4.22. The lowest BCUT2D eigenvalue weighted by molar-refractivity contribution is -0.385. The molecule has 9 heteroatoms. The Kier molecular flexibility index (Phi) is 4.33. The Balaban J connectivity index is 1.61. The summed E-state index contributed by atoms with van der Waals surface area (Å²) in [5.74, 6) is -0.896. The summed E-state index contributed by atoms with van der Waals surface area (Å²) in [4.78, 5) is 36.0. The van der Waals surface area contributed by atoms with Crippen molar-refractivity contribution in [3.8, 4) is 5.75 Å². The summed E-state index contributed by atoms with van der Waals surface area (Å²) in [6.07, 6.45) is 6.16. The van der Waals surface area contributed by atoms with Crippen LogP contribution in [0.1, 0.15) is 18.9 Å². The van der Waals surface area contributed by atoms with Gasteiger partial charge < -0.3 is 4.74 Å². The molecule has 4 atom stereocenters. The summed E-state index contributed by atoms with van der Waals surface area (Å²) in [6, 6.07) is 2.90. The highest BCUT2D eigenvalue weighted by Crippen LogP contribution is 2.52. The van der Waals surface area contributed by atoms with Gasteiger partial charge in [-0.1, -0.05) is 12.2 Å². The summed E-state index contributed by atoms with van der Waals surface area (Å²) in [7, 11) is 0. The number of nitro benzene ring substituents is 1. The van der Waals surface area contributed by atoms with Gasteiger partial charge in [0.05, 0.1) is 34.1 Å². The molecule has 2 fully saturated rings. The maximum Gasteiger partial charge on any atom is 0.312 e. The number of ether oxygens (including phenoxy) is 1. The van der Waals surface area contributed by atoms with Crippen molar-refractivity contribution in [2.75, 3.05) is 6.61 Å². The van der Waals surface area contributed by atoms with Crippen LogP contribution in [0.2, 0.25) is 0 Å².